The third-order valence-corrected chi connectivity index (χ3v) is 3.59. The van der Waals surface area contributed by atoms with Crippen LogP contribution in [-0.4, -0.2) is 31.6 Å². The van der Waals surface area contributed by atoms with E-state index in [9.17, 15) is 4.79 Å². The maximum atomic E-state index is 11.7. The number of hydrogen-bond donors (Lipinski definition) is 2. The Hall–Kier alpha value is -1.55. The van der Waals surface area contributed by atoms with Crippen molar-refractivity contribution in [2.24, 2.45) is 0 Å². The summed E-state index contributed by atoms with van der Waals surface area (Å²) in [4.78, 5) is 11.7. The third-order valence-electron chi connectivity index (χ3n) is 3.59. The molecule has 1 aliphatic heterocycles. The van der Waals surface area contributed by atoms with Gasteiger partial charge in [0.2, 0.25) is 5.91 Å². The normalized spacial score (nSPS) is 18.2. The van der Waals surface area contributed by atoms with Gasteiger partial charge in [-0.2, -0.15) is 0 Å². The highest BCUT2D eigenvalue weighted by Crippen LogP contribution is 2.18. The van der Waals surface area contributed by atoms with Gasteiger partial charge in [0, 0.05) is 0 Å². The highest BCUT2D eigenvalue weighted by Gasteiger charge is 2.21. The molecular weight excluding hydrogens is 252 g/mol. The predicted octanol–water partition coefficient (Wildman–Crippen LogP) is 2.06. The van der Waals surface area contributed by atoms with Crippen LogP contribution >= 0.6 is 0 Å². The summed E-state index contributed by atoms with van der Waals surface area (Å²) in [7, 11) is 0. The van der Waals surface area contributed by atoms with Crippen LogP contribution in [0.3, 0.4) is 0 Å². The van der Waals surface area contributed by atoms with Crippen molar-refractivity contribution in [3.8, 4) is 5.75 Å². The summed E-state index contributed by atoms with van der Waals surface area (Å²) in [5.41, 5.74) is 1.30. The maximum absolute atomic E-state index is 11.7. The van der Waals surface area contributed by atoms with Crippen molar-refractivity contribution >= 4 is 5.91 Å². The summed E-state index contributed by atoms with van der Waals surface area (Å²) in [6.07, 6.45) is 2.01. The number of hydrogen-bond acceptors (Lipinski definition) is 3. The van der Waals surface area contributed by atoms with E-state index in [1.165, 1.54) is 5.56 Å². The zero-order valence-corrected chi connectivity index (χ0v) is 12.3. The second-order valence-electron chi connectivity index (χ2n) is 5.51. The van der Waals surface area contributed by atoms with Gasteiger partial charge in [0.05, 0.1) is 12.6 Å². The van der Waals surface area contributed by atoms with Crippen molar-refractivity contribution in [2.75, 3.05) is 19.7 Å². The van der Waals surface area contributed by atoms with Gasteiger partial charge in [-0.1, -0.05) is 26.0 Å². The molecule has 1 unspecified atom stereocenters. The molecule has 1 aromatic carbocycles. The second-order valence-corrected chi connectivity index (χ2v) is 5.51. The summed E-state index contributed by atoms with van der Waals surface area (Å²) in [6, 6.07) is 8.12. The third kappa shape index (κ3) is 4.23. The molecule has 20 heavy (non-hydrogen) atoms. The van der Waals surface area contributed by atoms with Gasteiger partial charge in [0.25, 0.3) is 0 Å². The van der Waals surface area contributed by atoms with Crippen LogP contribution in [0.1, 0.15) is 38.2 Å². The minimum atomic E-state index is -0.0136. The molecule has 0 spiro atoms. The van der Waals surface area contributed by atoms with Crippen LogP contribution in [0.25, 0.3) is 0 Å². The lowest BCUT2D eigenvalue weighted by molar-refractivity contribution is -0.122. The maximum Gasteiger partial charge on any atom is 0.237 e. The molecule has 110 valence electrons. The molecule has 1 saturated heterocycles. The quantitative estimate of drug-likeness (QED) is 0.782. The van der Waals surface area contributed by atoms with E-state index in [-0.39, 0.29) is 11.9 Å². The average molecular weight is 276 g/mol. The molecule has 0 aliphatic carbocycles. The molecule has 1 fully saturated rings. The first-order valence-corrected chi connectivity index (χ1v) is 7.40. The topological polar surface area (TPSA) is 50.4 Å². The molecule has 1 aromatic rings. The SMILES string of the molecule is CC(C)c1ccc(OCCNC(=O)C2CCCN2)cc1. The Bertz CT molecular complexity index is 423. The predicted molar refractivity (Wildman–Crippen MR) is 80.1 cm³/mol. The molecule has 0 radical (unpaired) electrons. The molecule has 1 amide bonds. The minimum absolute atomic E-state index is 0.0136. The van der Waals surface area contributed by atoms with E-state index in [2.05, 4.69) is 36.6 Å². The van der Waals surface area contributed by atoms with Crippen molar-refractivity contribution in [2.45, 2.75) is 38.6 Å². The molecular formula is C16H24N2O2. The number of ether oxygens (including phenoxy) is 1. The molecule has 1 aliphatic rings. The number of amides is 1. The number of carbonyl (C=O) groups excluding carboxylic acids is 1. The van der Waals surface area contributed by atoms with Gasteiger partial charge >= 0.3 is 0 Å². The van der Waals surface area contributed by atoms with Gasteiger partial charge in [-0.15, -0.1) is 0 Å². The minimum Gasteiger partial charge on any atom is -0.492 e. The van der Waals surface area contributed by atoms with E-state index in [4.69, 9.17) is 4.74 Å². The summed E-state index contributed by atoms with van der Waals surface area (Å²) in [5.74, 6) is 1.46. The van der Waals surface area contributed by atoms with Gasteiger partial charge in [-0.05, 0) is 43.0 Å². The largest absolute Gasteiger partial charge is 0.492 e. The fraction of sp³-hybridized carbons (Fsp3) is 0.562. The molecule has 0 bridgehead atoms. The lowest BCUT2D eigenvalue weighted by Gasteiger charge is -2.12. The molecule has 2 N–H and O–H groups in total. The summed E-state index contributed by atoms with van der Waals surface area (Å²) in [6.45, 7) is 6.32. The van der Waals surface area contributed by atoms with Crippen molar-refractivity contribution in [3.05, 3.63) is 29.8 Å². The van der Waals surface area contributed by atoms with Crippen LogP contribution < -0.4 is 15.4 Å². The number of nitrogens with one attached hydrogen (secondary N) is 2. The zero-order valence-electron chi connectivity index (χ0n) is 12.3. The van der Waals surface area contributed by atoms with E-state index < -0.39 is 0 Å². The molecule has 4 heteroatoms. The molecule has 4 nitrogen and oxygen atoms in total. The zero-order chi connectivity index (χ0) is 14.4. The number of rotatable bonds is 6. The van der Waals surface area contributed by atoms with Gasteiger partial charge in [-0.25, -0.2) is 0 Å². The summed E-state index contributed by atoms with van der Waals surface area (Å²) < 4.78 is 5.62. The van der Waals surface area contributed by atoms with Crippen LogP contribution in [0, 0.1) is 0 Å². The Morgan fingerprint density at radius 1 is 1.40 bits per heavy atom. The van der Waals surface area contributed by atoms with Crippen molar-refractivity contribution in [3.63, 3.8) is 0 Å². The second kappa shape index (κ2) is 7.29. The van der Waals surface area contributed by atoms with Crippen LogP contribution in [0.2, 0.25) is 0 Å². The van der Waals surface area contributed by atoms with E-state index in [0.717, 1.165) is 25.1 Å². The fourth-order valence-electron chi connectivity index (χ4n) is 2.32. The van der Waals surface area contributed by atoms with Crippen molar-refractivity contribution in [1.29, 1.82) is 0 Å². The van der Waals surface area contributed by atoms with E-state index in [1.807, 2.05) is 12.1 Å². The monoisotopic (exact) mass is 276 g/mol. The van der Waals surface area contributed by atoms with Gasteiger partial charge in [0.15, 0.2) is 0 Å². The number of carbonyl (C=O) groups is 1. The highest BCUT2D eigenvalue weighted by molar-refractivity contribution is 5.81. The fourth-order valence-corrected chi connectivity index (χ4v) is 2.32. The Kier molecular flexibility index (Phi) is 5.41. The number of benzene rings is 1. The molecule has 1 heterocycles. The van der Waals surface area contributed by atoms with Gasteiger partial charge in [0.1, 0.15) is 12.4 Å². The van der Waals surface area contributed by atoms with Crippen molar-refractivity contribution < 1.29 is 9.53 Å². The molecule has 1 atom stereocenters. The lowest BCUT2D eigenvalue weighted by atomic mass is 10.0. The average Bonchev–Trinajstić information content (AvgIpc) is 2.98. The summed E-state index contributed by atoms with van der Waals surface area (Å²) >= 11 is 0. The standard InChI is InChI=1S/C16H24N2O2/c1-12(2)13-5-7-14(8-6-13)20-11-10-18-16(19)15-4-3-9-17-15/h5-8,12,15,17H,3-4,9-11H2,1-2H3,(H,18,19). The first-order chi connectivity index (χ1) is 9.66. The molecule has 0 saturated carbocycles. The van der Waals surface area contributed by atoms with E-state index >= 15 is 0 Å². The molecule has 0 aromatic heterocycles. The van der Waals surface area contributed by atoms with Crippen LogP contribution in [0.15, 0.2) is 24.3 Å². The smallest absolute Gasteiger partial charge is 0.237 e. The highest BCUT2D eigenvalue weighted by atomic mass is 16.5. The first-order valence-electron chi connectivity index (χ1n) is 7.40. The summed E-state index contributed by atoms with van der Waals surface area (Å²) in [5, 5.41) is 6.08. The Morgan fingerprint density at radius 3 is 2.75 bits per heavy atom. The van der Waals surface area contributed by atoms with Crippen molar-refractivity contribution in [1.82, 2.24) is 10.6 Å². The van der Waals surface area contributed by atoms with Gasteiger partial charge < -0.3 is 15.4 Å². The lowest BCUT2D eigenvalue weighted by Crippen LogP contribution is -2.41. The van der Waals surface area contributed by atoms with E-state index in [0.29, 0.717) is 19.1 Å². The first kappa shape index (κ1) is 14.9. The Balaban J connectivity index is 1.66. The Morgan fingerprint density at radius 2 is 2.15 bits per heavy atom. The van der Waals surface area contributed by atoms with Crippen LogP contribution in [-0.2, 0) is 4.79 Å². The molecule has 2 rings (SSSR count). The van der Waals surface area contributed by atoms with E-state index in [1.54, 1.807) is 0 Å². The van der Waals surface area contributed by atoms with Crippen LogP contribution in [0.5, 0.6) is 5.75 Å². The van der Waals surface area contributed by atoms with Crippen LogP contribution in [0.4, 0.5) is 0 Å². The van der Waals surface area contributed by atoms with Gasteiger partial charge in [-0.3, -0.25) is 4.79 Å². The Labute approximate surface area is 120 Å².